The first-order chi connectivity index (χ1) is 9.96. The van der Waals surface area contributed by atoms with E-state index in [4.69, 9.17) is 5.11 Å². The van der Waals surface area contributed by atoms with E-state index in [1.807, 2.05) is 24.3 Å². The van der Waals surface area contributed by atoms with Crippen LogP contribution in [0.1, 0.15) is 17.5 Å². The molecule has 2 rings (SSSR count). The summed E-state index contributed by atoms with van der Waals surface area (Å²) < 4.78 is 23.2. The molecule has 1 fully saturated rings. The summed E-state index contributed by atoms with van der Waals surface area (Å²) in [5.74, 6) is -0.532. The monoisotopic (exact) mass is 309 g/mol. The molecule has 1 N–H and O–H groups in total. The maximum atomic E-state index is 11.6. The topological polar surface area (TPSA) is 74.7 Å². The lowest BCUT2D eigenvalue weighted by Gasteiger charge is -2.20. The van der Waals surface area contributed by atoms with E-state index in [9.17, 15) is 13.2 Å². The van der Waals surface area contributed by atoms with Gasteiger partial charge >= 0.3 is 5.97 Å². The SMILES string of the molecule is O=C(O)/C=C/c1ccccc1CN1CCCS(=O)(=O)CC1. The van der Waals surface area contributed by atoms with Crippen LogP contribution in [0.3, 0.4) is 0 Å². The average molecular weight is 309 g/mol. The van der Waals surface area contributed by atoms with Crippen LogP contribution in [0.4, 0.5) is 0 Å². The summed E-state index contributed by atoms with van der Waals surface area (Å²) in [5, 5.41) is 8.72. The molecule has 0 bridgehead atoms. The third-order valence-electron chi connectivity index (χ3n) is 3.50. The van der Waals surface area contributed by atoms with Crippen molar-refractivity contribution >= 4 is 21.9 Å². The molecule has 1 heterocycles. The Morgan fingerprint density at radius 1 is 1.24 bits per heavy atom. The summed E-state index contributed by atoms with van der Waals surface area (Å²) in [6.07, 6.45) is 3.34. The van der Waals surface area contributed by atoms with Crippen molar-refractivity contribution in [1.29, 1.82) is 0 Å². The Balaban J connectivity index is 2.10. The fourth-order valence-corrected chi connectivity index (χ4v) is 3.70. The highest BCUT2D eigenvalue weighted by Gasteiger charge is 2.19. The molecule has 0 atom stereocenters. The summed E-state index contributed by atoms with van der Waals surface area (Å²) in [7, 11) is -2.91. The van der Waals surface area contributed by atoms with Gasteiger partial charge in [0.15, 0.2) is 9.84 Å². The van der Waals surface area contributed by atoms with Gasteiger partial charge in [0.1, 0.15) is 0 Å². The van der Waals surface area contributed by atoms with Crippen LogP contribution in [-0.2, 0) is 21.2 Å². The fourth-order valence-electron chi connectivity index (χ4n) is 2.39. The second-order valence-electron chi connectivity index (χ2n) is 5.15. The molecule has 0 unspecified atom stereocenters. The highest BCUT2D eigenvalue weighted by molar-refractivity contribution is 7.91. The van der Waals surface area contributed by atoms with Gasteiger partial charge in [-0.05, 0) is 30.2 Å². The van der Waals surface area contributed by atoms with Gasteiger partial charge < -0.3 is 5.11 Å². The first kappa shape index (κ1) is 15.7. The van der Waals surface area contributed by atoms with Crippen LogP contribution >= 0.6 is 0 Å². The predicted octanol–water partition coefficient (Wildman–Crippen LogP) is 1.40. The summed E-state index contributed by atoms with van der Waals surface area (Å²) >= 11 is 0. The maximum absolute atomic E-state index is 11.6. The van der Waals surface area contributed by atoms with E-state index in [1.54, 1.807) is 6.08 Å². The summed E-state index contributed by atoms with van der Waals surface area (Å²) in [5.41, 5.74) is 1.86. The van der Waals surface area contributed by atoms with E-state index in [0.717, 1.165) is 23.7 Å². The van der Waals surface area contributed by atoms with E-state index in [2.05, 4.69) is 4.90 Å². The largest absolute Gasteiger partial charge is 0.478 e. The Labute approximate surface area is 124 Å². The van der Waals surface area contributed by atoms with E-state index >= 15 is 0 Å². The van der Waals surface area contributed by atoms with Crippen molar-refractivity contribution in [2.24, 2.45) is 0 Å². The lowest BCUT2D eigenvalue weighted by molar-refractivity contribution is -0.131. The molecule has 5 nitrogen and oxygen atoms in total. The molecule has 0 aromatic heterocycles. The third kappa shape index (κ3) is 4.99. The molecule has 1 saturated heterocycles. The Kier molecular flexibility index (Phi) is 5.14. The second kappa shape index (κ2) is 6.87. The zero-order chi connectivity index (χ0) is 15.3. The Bertz CT molecular complexity index is 637. The number of nitrogens with zero attached hydrogens (tertiary/aromatic N) is 1. The predicted molar refractivity (Wildman–Crippen MR) is 81.7 cm³/mol. The number of aliphatic carboxylic acids is 1. The number of benzene rings is 1. The molecular weight excluding hydrogens is 290 g/mol. The van der Waals surface area contributed by atoms with Gasteiger partial charge in [-0.3, -0.25) is 4.90 Å². The minimum atomic E-state index is -2.91. The van der Waals surface area contributed by atoms with Crippen LogP contribution in [0.2, 0.25) is 0 Å². The molecular formula is C15H19NO4S. The normalized spacial score (nSPS) is 19.4. The lowest BCUT2D eigenvalue weighted by atomic mass is 10.1. The van der Waals surface area contributed by atoms with Gasteiger partial charge in [-0.25, -0.2) is 13.2 Å². The Morgan fingerprint density at radius 3 is 2.76 bits per heavy atom. The Morgan fingerprint density at radius 2 is 2.00 bits per heavy atom. The summed E-state index contributed by atoms with van der Waals surface area (Å²) in [4.78, 5) is 12.7. The van der Waals surface area contributed by atoms with Gasteiger partial charge in [0.05, 0.1) is 11.5 Å². The van der Waals surface area contributed by atoms with Gasteiger partial charge in [-0.15, -0.1) is 0 Å². The van der Waals surface area contributed by atoms with Crippen molar-refractivity contribution in [3.63, 3.8) is 0 Å². The number of carboxylic acids is 1. The molecule has 0 saturated carbocycles. The first-order valence-electron chi connectivity index (χ1n) is 6.88. The standard InChI is InChI=1S/C15H19NO4S/c17-15(18)7-6-13-4-1-2-5-14(13)12-16-8-3-10-21(19,20)11-9-16/h1-2,4-7H,3,8-12H2,(H,17,18)/b7-6+. The highest BCUT2D eigenvalue weighted by atomic mass is 32.2. The van der Waals surface area contributed by atoms with Crippen molar-refractivity contribution < 1.29 is 18.3 Å². The molecule has 114 valence electrons. The quantitative estimate of drug-likeness (QED) is 0.851. The molecule has 1 aromatic rings. The molecule has 6 heteroatoms. The minimum Gasteiger partial charge on any atom is -0.478 e. The number of sulfone groups is 1. The van der Waals surface area contributed by atoms with E-state index in [1.165, 1.54) is 0 Å². The van der Waals surface area contributed by atoms with E-state index < -0.39 is 15.8 Å². The summed E-state index contributed by atoms with van der Waals surface area (Å²) in [6, 6.07) is 7.57. The molecule has 0 radical (unpaired) electrons. The zero-order valence-electron chi connectivity index (χ0n) is 11.7. The molecule has 1 aliphatic heterocycles. The molecule has 0 amide bonds. The first-order valence-corrected chi connectivity index (χ1v) is 8.70. The third-order valence-corrected chi connectivity index (χ3v) is 5.22. The highest BCUT2D eigenvalue weighted by Crippen LogP contribution is 2.15. The number of hydrogen-bond donors (Lipinski definition) is 1. The van der Waals surface area contributed by atoms with Crippen LogP contribution in [0.5, 0.6) is 0 Å². The van der Waals surface area contributed by atoms with Crippen molar-refractivity contribution in [2.75, 3.05) is 24.6 Å². The van der Waals surface area contributed by atoms with Gasteiger partial charge in [0.25, 0.3) is 0 Å². The smallest absolute Gasteiger partial charge is 0.328 e. The van der Waals surface area contributed by atoms with Crippen molar-refractivity contribution in [3.8, 4) is 0 Å². The lowest BCUT2D eigenvalue weighted by Crippen LogP contribution is -2.26. The number of rotatable bonds is 4. The van der Waals surface area contributed by atoms with Gasteiger partial charge in [0, 0.05) is 19.2 Å². The van der Waals surface area contributed by atoms with Crippen molar-refractivity contribution in [1.82, 2.24) is 4.90 Å². The summed E-state index contributed by atoms with van der Waals surface area (Å²) in [6.45, 7) is 1.91. The average Bonchev–Trinajstić information content (AvgIpc) is 2.59. The molecule has 1 aromatic carbocycles. The van der Waals surface area contributed by atoms with Crippen LogP contribution < -0.4 is 0 Å². The number of carboxylic acid groups (broad SMARTS) is 1. The van der Waals surface area contributed by atoms with E-state index in [-0.39, 0.29) is 11.5 Å². The molecule has 21 heavy (non-hydrogen) atoms. The fraction of sp³-hybridized carbons (Fsp3) is 0.400. The minimum absolute atomic E-state index is 0.195. The van der Waals surface area contributed by atoms with Gasteiger partial charge in [-0.1, -0.05) is 24.3 Å². The molecule has 1 aliphatic rings. The van der Waals surface area contributed by atoms with Crippen LogP contribution in [0.25, 0.3) is 6.08 Å². The van der Waals surface area contributed by atoms with Crippen LogP contribution in [0.15, 0.2) is 30.3 Å². The van der Waals surface area contributed by atoms with Gasteiger partial charge in [-0.2, -0.15) is 0 Å². The maximum Gasteiger partial charge on any atom is 0.328 e. The van der Waals surface area contributed by atoms with Crippen LogP contribution in [0, 0.1) is 0 Å². The molecule has 0 aliphatic carbocycles. The van der Waals surface area contributed by atoms with Crippen molar-refractivity contribution in [2.45, 2.75) is 13.0 Å². The number of hydrogen-bond acceptors (Lipinski definition) is 4. The zero-order valence-corrected chi connectivity index (χ0v) is 12.6. The second-order valence-corrected chi connectivity index (χ2v) is 7.46. The number of carbonyl (C=O) groups is 1. The molecule has 0 spiro atoms. The van der Waals surface area contributed by atoms with Crippen molar-refractivity contribution in [3.05, 3.63) is 41.5 Å². The van der Waals surface area contributed by atoms with E-state index in [0.29, 0.717) is 19.5 Å². The Hall–Kier alpha value is -1.66. The van der Waals surface area contributed by atoms with Crippen LogP contribution in [-0.4, -0.2) is 49.0 Å². The van der Waals surface area contributed by atoms with Gasteiger partial charge in [0.2, 0.25) is 0 Å².